The van der Waals surface area contributed by atoms with Gasteiger partial charge in [0, 0.05) is 6.54 Å². The molecule has 1 N–H and O–H groups in total. The van der Waals surface area contributed by atoms with Crippen molar-refractivity contribution in [2.24, 2.45) is 5.92 Å². The van der Waals surface area contributed by atoms with Gasteiger partial charge in [-0.15, -0.1) is 0 Å². The Kier molecular flexibility index (Phi) is 6.49. The molecule has 1 aromatic heterocycles. The quantitative estimate of drug-likeness (QED) is 0.706. The first kappa shape index (κ1) is 13.5. The molecule has 0 spiro atoms. The first-order chi connectivity index (χ1) is 7.74. The maximum absolute atomic E-state index is 4.27. The van der Waals surface area contributed by atoms with E-state index in [-0.39, 0.29) is 0 Å². The van der Waals surface area contributed by atoms with Crippen molar-refractivity contribution >= 4 is 11.8 Å². The van der Waals surface area contributed by atoms with Crippen molar-refractivity contribution in [1.29, 1.82) is 0 Å². The molecule has 0 aliphatic carbocycles. The molecule has 1 aromatic rings. The molecule has 0 saturated carbocycles. The average molecular weight is 242 g/mol. The van der Waals surface area contributed by atoms with Crippen molar-refractivity contribution in [3.63, 3.8) is 0 Å². The lowest BCUT2D eigenvalue weighted by Crippen LogP contribution is -2.22. The van der Waals surface area contributed by atoms with Crippen LogP contribution in [-0.2, 0) is 13.1 Å². The van der Waals surface area contributed by atoms with Crippen molar-refractivity contribution in [3.05, 3.63) is 12.2 Å². The Bertz CT molecular complexity index is 285. The van der Waals surface area contributed by atoms with Gasteiger partial charge in [-0.2, -0.15) is 16.9 Å². The summed E-state index contributed by atoms with van der Waals surface area (Å²) in [6.45, 7) is 7.22. The average Bonchev–Trinajstić information content (AvgIpc) is 2.66. The lowest BCUT2D eigenvalue weighted by atomic mass is 10.2. The molecule has 92 valence electrons. The second kappa shape index (κ2) is 7.68. The van der Waals surface area contributed by atoms with E-state index in [1.54, 1.807) is 6.33 Å². The Balaban J connectivity index is 2.32. The molecule has 0 aliphatic heterocycles. The van der Waals surface area contributed by atoms with Crippen LogP contribution >= 0.6 is 11.8 Å². The second-order valence-corrected chi connectivity index (χ2v) is 5.26. The number of rotatable bonds is 8. The molecule has 0 amide bonds. The van der Waals surface area contributed by atoms with Crippen LogP contribution in [0, 0.1) is 5.92 Å². The standard InChI is InChI=1S/C11H22N4S/c1-10(2)7-12-8-11-13-9-14-15(11)5-4-6-16-3/h9-10,12H,4-8H2,1-3H3. The van der Waals surface area contributed by atoms with Gasteiger partial charge in [0.2, 0.25) is 0 Å². The van der Waals surface area contributed by atoms with Gasteiger partial charge in [0.15, 0.2) is 0 Å². The molecule has 0 atom stereocenters. The van der Waals surface area contributed by atoms with E-state index in [0.29, 0.717) is 5.92 Å². The smallest absolute Gasteiger partial charge is 0.140 e. The van der Waals surface area contributed by atoms with Gasteiger partial charge in [0.25, 0.3) is 0 Å². The van der Waals surface area contributed by atoms with Crippen LogP contribution in [0.1, 0.15) is 26.1 Å². The lowest BCUT2D eigenvalue weighted by Gasteiger charge is -2.08. The van der Waals surface area contributed by atoms with Crippen LogP contribution in [0.2, 0.25) is 0 Å². The highest BCUT2D eigenvalue weighted by molar-refractivity contribution is 7.98. The number of nitrogens with zero attached hydrogens (tertiary/aromatic N) is 3. The molecule has 1 rings (SSSR count). The summed E-state index contributed by atoms with van der Waals surface area (Å²) in [5.41, 5.74) is 0. The van der Waals surface area contributed by atoms with Gasteiger partial charge in [-0.1, -0.05) is 13.8 Å². The van der Waals surface area contributed by atoms with E-state index in [4.69, 9.17) is 0 Å². The van der Waals surface area contributed by atoms with E-state index in [0.717, 1.165) is 31.9 Å². The Hall–Kier alpha value is -0.550. The third-order valence-electron chi connectivity index (χ3n) is 2.25. The highest BCUT2D eigenvalue weighted by atomic mass is 32.2. The molecule has 0 unspecified atom stereocenters. The maximum atomic E-state index is 4.27. The fourth-order valence-corrected chi connectivity index (χ4v) is 1.86. The van der Waals surface area contributed by atoms with Crippen LogP contribution < -0.4 is 5.32 Å². The van der Waals surface area contributed by atoms with Crippen LogP contribution in [0.25, 0.3) is 0 Å². The van der Waals surface area contributed by atoms with E-state index in [9.17, 15) is 0 Å². The zero-order valence-electron chi connectivity index (χ0n) is 10.4. The largest absolute Gasteiger partial charge is 0.310 e. The molecule has 0 saturated heterocycles. The number of hydrogen-bond acceptors (Lipinski definition) is 4. The van der Waals surface area contributed by atoms with Crippen LogP contribution in [-0.4, -0.2) is 33.3 Å². The van der Waals surface area contributed by atoms with E-state index < -0.39 is 0 Å². The molecule has 4 nitrogen and oxygen atoms in total. The maximum Gasteiger partial charge on any atom is 0.140 e. The number of aromatic nitrogens is 3. The fraction of sp³-hybridized carbons (Fsp3) is 0.818. The Morgan fingerprint density at radius 1 is 1.50 bits per heavy atom. The molecule has 1 heterocycles. The SMILES string of the molecule is CSCCCn1ncnc1CNCC(C)C. The lowest BCUT2D eigenvalue weighted by molar-refractivity contribution is 0.509. The summed E-state index contributed by atoms with van der Waals surface area (Å²) in [4.78, 5) is 4.27. The minimum absolute atomic E-state index is 0.674. The minimum atomic E-state index is 0.674. The predicted molar refractivity (Wildman–Crippen MR) is 69.6 cm³/mol. The van der Waals surface area contributed by atoms with Crippen LogP contribution in [0.5, 0.6) is 0 Å². The topological polar surface area (TPSA) is 42.7 Å². The molecule has 0 radical (unpaired) electrons. The van der Waals surface area contributed by atoms with Crippen molar-refractivity contribution in [2.45, 2.75) is 33.4 Å². The van der Waals surface area contributed by atoms with Gasteiger partial charge >= 0.3 is 0 Å². The first-order valence-corrected chi connectivity index (χ1v) is 7.19. The van der Waals surface area contributed by atoms with Gasteiger partial charge in [0.05, 0.1) is 6.54 Å². The van der Waals surface area contributed by atoms with E-state index in [2.05, 4.69) is 35.5 Å². The van der Waals surface area contributed by atoms with Gasteiger partial charge in [0.1, 0.15) is 12.2 Å². The third kappa shape index (κ3) is 4.99. The molecule has 0 fully saturated rings. The van der Waals surface area contributed by atoms with Gasteiger partial charge in [-0.3, -0.25) is 0 Å². The molecule has 16 heavy (non-hydrogen) atoms. The summed E-state index contributed by atoms with van der Waals surface area (Å²) < 4.78 is 2.00. The van der Waals surface area contributed by atoms with Crippen LogP contribution in [0.4, 0.5) is 0 Å². The molecular formula is C11H22N4S. The Morgan fingerprint density at radius 3 is 3.00 bits per heavy atom. The van der Waals surface area contributed by atoms with E-state index in [1.165, 1.54) is 5.75 Å². The Labute approximate surface area is 102 Å². The molecule has 5 heteroatoms. The van der Waals surface area contributed by atoms with Gasteiger partial charge in [-0.25, -0.2) is 9.67 Å². The molecule has 0 aromatic carbocycles. The van der Waals surface area contributed by atoms with Crippen molar-refractivity contribution in [3.8, 4) is 0 Å². The zero-order chi connectivity index (χ0) is 11.8. The monoisotopic (exact) mass is 242 g/mol. The number of hydrogen-bond donors (Lipinski definition) is 1. The second-order valence-electron chi connectivity index (χ2n) is 4.27. The Morgan fingerprint density at radius 2 is 2.31 bits per heavy atom. The zero-order valence-corrected chi connectivity index (χ0v) is 11.3. The van der Waals surface area contributed by atoms with Crippen molar-refractivity contribution in [1.82, 2.24) is 20.1 Å². The summed E-state index contributed by atoms with van der Waals surface area (Å²) in [6.07, 6.45) is 4.93. The molecular weight excluding hydrogens is 220 g/mol. The van der Waals surface area contributed by atoms with Crippen molar-refractivity contribution in [2.75, 3.05) is 18.6 Å². The highest BCUT2D eigenvalue weighted by Crippen LogP contribution is 2.01. The first-order valence-electron chi connectivity index (χ1n) is 5.80. The van der Waals surface area contributed by atoms with E-state index >= 15 is 0 Å². The minimum Gasteiger partial charge on any atom is -0.310 e. The summed E-state index contributed by atoms with van der Waals surface area (Å²) in [6, 6.07) is 0. The summed E-state index contributed by atoms with van der Waals surface area (Å²) in [5, 5.41) is 7.63. The summed E-state index contributed by atoms with van der Waals surface area (Å²) in [5.74, 6) is 2.90. The van der Waals surface area contributed by atoms with Crippen LogP contribution in [0.3, 0.4) is 0 Å². The van der Waals surface area contributed by atoms with Gasteiger partial charge in [-0.05, 0) is 30.9 Å². The number of nitrogens with one attached hydrogen (secondary N) is 1. The normalized spacial score (nSPS) is 11.2. The number of thioether (sulfide) groups is 1. The van der Waals surface area contributed by atoms with E-state index in [1.807, 2.05) is 16.4 Å². The third-order valence-corrected chi connectivity index (χ3v) is 2.95. The summed E-state index contributed by atoms with van der Waals surface area (Å²) in [7, 11) is 0. The van der Waals surface area contributed by atoms with Crippen LogP contribution in [0.15, 0.2) is 6.33 Å². The molecule has 0 bridgehead atoms. The predicted octanol–water partition coefficient (Wildman–Crippen LogP) is 1.78. The highest BCUT2D eigenvalue weighted by Gasteiger charge is 2.03. The fourth-order valence-electron chi connectivity index (χ4n) is 1.44. The van der Waals surface area contributed by atoms with Crippen molar-refractivity contribution < 1.29 is 0 Å². The number of aryl methyl sites for hydroxylation is 1. The summed E-state index contributed by atoms with van der Waals surface area (Å²) >= 11 is 1.87. The van der Waals surface area contributed by atoms with Gasteiger partial charge < -0.3 is 5.32 Å². The molecule has 0 aliphatic rings.